The summed E-state index contributed by atoms with van der Waals surface area (Å²) in [5.41, 5.74) is 6.45. The monoisotopic (exact) mass is 288 g/mol. The maximum Gasteiger partial charge on any atom is 0.254 e. The third-order valence-electron chi connectivity index (χ3n) is 3.08. The van der Waals surface area contributed by atoms with Gasteiger partial charge in [0.2, 0.25) is 0 Å². The van der Waals surface area contributed by atoms with Crippen molar-refractivity contribution in [3.05, 3.63) is 27.7 Å². The van der Waals surface area contributed by atoms with E-state index in [2.05, 4.69) is 0 Å². The van der Waals surface area contributed by atoms with E-state index in [9.17, 15) is 4.79 Å². The molecule has 1 aromatic carbocycles. The molecular formula is C12H14Cl2N2O2. The highest BCUT2D eigenvalue weighted by atomic mass is 35.5. The predicted octanol–water partition coefficient (Wildman–Crippen LogP) is 2.44. The van der Waals surface area contributed by atoms with Crippen LogP contribution in [0.5, 0.6) is 0 Å². The van der Waals surface area contributed by atoms with Crippen molar-refractivity contribution in [3.8, 4) is 0 Å². The highest BCUT2D eigenvalue weighted by molar-refractivity contribution is 6.43. The van der Waals surface area contributed by atoms with Crippen LogP contribution in [0.2, 0.25) is 10.0 Å². The molecule has 98 valence electrons. The van der Waals surface area contributed by atoms with Gasteiger partial charge in [0.1, 0.15) is 0 Å². The lowest BCUT2D eigenvalue weighted by atomic mass is 10.1. The van der Waals surface area contributed by atoms with Crippen molar-refractivity contribution in [1.82, 2.24) is 4.90 Å². The Hall–Kier alpha value is -0.970. The maximum absolute atomic E-state index is 12.3. The zero-order chi connectivity index (χ0) is 13.3. The highest BCUT2D eigenvalue weighted by Gasteiger charge is 2.25. The molecule has 18 heavy (non-hydrogen) atoms. The third kappa shape index (κ3) is 2.55. The number of amides is 1. The number of nitrogens with zero attached hydrogens (tertiary/aromatic N) is 1. The van der Waals surface area contributed by atoms with Gasteiger partial charge in [0.25, 0.3) is 5.91 Å². The van der Waals surface area contributed by atoms with Gasteiger partial charge >= 0.3 is 0 Å². The number of rotatable bonds is 2. The molecule has 1 unspecified atom stereocenters. The van der Waals surface area contributed by atoms with Crippen LogP contribution in [0.15, 0.2) is 12.1 Å². The second-order valence-corrected chi connectivity index (χ2v) is 5.08. The van der Waals surface area contributed by atoms with Crippen molar-refractivity contribution >= 4 is 34.8 Å². The molecule has 0 spiro atoms. The number of benzene rings is 1. The molecule has 0 aromatic heterocycles. The first-order chi connectivity index (χ1) is 8.50. The molecule has 0 bridgehead atoms. The standard InChI is InChI=1S/C12H14Cl2N2O2/c1-16(8-2-3-18-6-8)12(17)7-4-9(13)11(14)10(15)5-7/h4-5,8H,2-3,6,15H2,1H3. The predicted molar refractivity (Wildman–Crippen MR) is 72.2 cm³/mol. The number of hydrogen-bond acceptors (Lipinski definition) is 3. The van der Waals surface area contributed by atoms with Crippen LogP contribution in [-0.4, -0.2) is 37.1 Å². The van der Waals surface area contributed by atoms with Crippen LogP contribution < -0.4 is 5.73 Å². The number of nitrogens with two attached hydrogens (primary N) is 1. The van der Waals surface area contributed by atoms with Gasteiger partial charge in [-0.3, -0.25) is 4.79 Å². The largest absolute Gasteiger partial charge is 0.397 e. The topological polar surface area (TPSA) is 55.6 Å². The smallest absolute Gasteiger partial charge is 0.254 e. The van der Waals surface area contributed by atoms with Gasteiger partial charge in [0.15, 0.2) is 0 Å². The van der Waals surface area contributed by atoms with Gasteiger partial charge in [-0.2, -0.15) is 0 Å². The Labute approximate surface area is 116 Å². The number of carbonyl (C=O) groups excluding carboxylic acids is 1. The molecular weight excluding hydrogens is 275 g/mol. The number of likely N-dealkylation sites (N-methyl/N-ethyl adjacent to an activating group) is 1. The zero-order valence-electron chi connectivity index (χ0n) is 9.95. The Bertz CT molecular complexity index is 450. The number of carbonyl (C=O) groups is 1. The Morgan fingerprint density at radius 3 is 2.78 bits per heavy atom. The Kier molecular flexibility index (Phi) is 4.00. The number of anilines is 1. The van der Waals surface area contributed by atoms with Crippen molar-refractivity contribution in [2.75, 3.05) is 26.0 Å². The van der Waals surface area contributed by atoms with E-state index in [0.29, 0.717) is 24.5 Å². The molecule has 1 atom stereocenters. The quantitative estimate of drug-likeness (QED) is 0.851. The van der Waals surface area contributed by atoms with E-state index < -0.39 is 0 Å². The molecule has 1 aromatic rings. The lowest BCUT2D eigenvalue weighted by molar-refractivity contribution is 0.0711. The molecule has 1 saturated heterocycles. The van der Waals surface area contributed by atoms with Crippen LogP contribution in [0.1, 0.15) is 16.8 Å². The molecule has 4 nitrogen and oxygen atoms in total. The van der Waals surface area contributed by atoms with Crippen molar-refractivity contribution < 1.29 is 9.53 Å². The van der Waals surface area contributed by atoms with Crippen LogP contribution in [0, 0.1) is 0 Å². The van der Waals surface area contributed by atoms with Crippen LogP contribution in [-0.2, 0) is 4.74 Å². The average molecular weight is 289 g/mol. The van der Waals surface area contributed by atoms with Crippen LogP contribution in [0.3, 0.4) is 0 Å². The Morgan fingerprint density at radius 2 is 2.22 bits per heavy atom. The normalized spacial score (nSPS) is 18.9. The Balaban J connectivity index is 2.22. The molecule has 1 amide bonds. The first-order valence-corrected chi connectivity index (χ1v) is 6.35. The third-order valence-corrected chi connectivity index (χ3v) is 3.89. The fourth-order valence-electron chi connectivity index (χ4n) is 1.93. The summed E-state index contributed by atoms with van der Waals surface area (Å²) >= 11 is 11.8. The summed E-state index contributed by atoms with van der Waals surface area (Å²) < 4.78 is 5.27. The molecule has 2 rings (SSSR count). The number of hydrogen-bond donors (Lipinski definition) is 1. The van der Waals surface area contributed by atoms with Crippen molar-refractivity contribution in [3.63, 3.8) is 0 Å². The molecule has 1 heterocycles. The Morgan fingerprint density at radius 1 is 1.50 bits per heavy atom. The van der Waals surface area contributed by atoms with E-state index in [0.717, 1.165) is 6.42 Å². The lowest BCUT2D eigenvalue weighted by Crippen LogP contribution is -2.37. The molecule has 1 aliphatic rings. The summed E-state index contributed by atoms with van der Waals surface area (Å²) in [5.74, 6) is -0.129. The first kappa shape index (κ1) is 13.5. The van der Waals surface area contributed by atoms with Gasteiger partial charge in [-0.05, 0) is 18.6 Å². The van der Waals surface area contributed by atoms with Gasteiger partial charge in [0, 0.05) is 19.2 Å². The SMILES string of the molecule is CN(C(=O)c1cc(N)c(Cl)c(Cl)c1)C1CCOC1. The second-order valence-electron chi connectivity index (χ2n) is 4.29. The van der Waals surface area contributed by atoms with E-state index in [4.69, 9.17) is 33.7 Å². The molecule has 0 saturated carbocycles. The van der Waals surface area contributed by atoms with E-state index >= 15 is 0 Å². The van der Waals surface area contributed by atoms with Gasteiger partial charge < -0.3 is 15.4 Å². The highest BCUT2D eigenvalue weighted by Crippen LogP contribution is 2.30. The summed E-state index contributed by atoms with van der Waals surface area (Å²) in [7, 11) is 1.75. The maximum atomic E-state index is 12.3. The number of halogens is 2. The van der Waals surface area contributed by atoms with Gasteiger partial charge in [-0.1, -0.05) is 23.2 Å². The summed E-state index contributed by atoms with van der Waals surface area (Å²) in [6.45, 7) is 1.25. The van der Waals surface area contributed by atoms with E-state index in [1.54, 1.807) is 18.0 Å². The van der Waals surface area contributed by atoms with Crippen molar-refractivity contribution in [2.24, 2.45) is 0 Å². The van der Waals surface area contributed by atoms with Gasteiger partial charge in [-0.25, -0.2) is 0 Å². The van der Waals surface area contributed by atoms with Crippen LogP contribution in [0.25, 0.3) is 0 Å². The fourth-order valence-corrected chi connectivity index (χ4v) is 2.27. The summed E-state index contributed by atoms with van der Waals surface area (Å²) in [4.78, 5) is 13.9. The van der Waals surface area contributed by atoms with Crippen molar-refractivity contribution in [2.45, 2.75) is 12.5 Å². The second kappa shape index (κ2) is 5.34. The molecule has 6 heteroatoms. The minimum Gasteiger partial charge on any atom is -0.397 e. The number of nitrogen functional groups attached to an aromatic ring is 1. The first-order valence-electron chi connectivity index (χ1n) is 5.60. The van der Waals surface area contributed by atoms with Gasteiger partial charge in [0.05, 0.1) is 28.4 Å². The minimum absolute atomic E-state index is 0.105. The number of ether oxygens (including phenoxy) is 1. The van der Waals surface area contributed by atoms with Crippen molar-refractivity contribution in [1.29, 1.82) is 0 Å². The molecule has 1 aliphatic heterocycles. The lowest BCUT2D eigenvalue weighted by Gasteiger charge is -2.23. The zero-order valence-corrected chi connectivity index (χ0v) is 11.5. The average Bonchev–Trinajstić information content (AvgIpc) is 2.87. The minimum atomic E-state index is -0.129. The molecule has 0 aliphatic carbocycles. The van der Waals surface area contributed by atoms with Gasteiger partial charge in [-0.15, -0.1) is 0 Å². The summed E-state index contributed by atoms with van der Waals surface area (Å²) in [6.07, 6.45) is 0.846. The van der Waals surface area contributed by atoms with E-state index in [1.807, 2.05) is 0 Å². The van der Waals surface area contributed by atoms with E-state index in [1.165, 1.54) is 6.07 Å². The fraction of sp³-hybridized carbons (Fsp3) is 0.417. The summed E-state index contributed by atoms with van der Waals surface area (Å²) in [5, 5.41) is 0.566. The summed E-state index contributed by atoms with van der Waals surface area (Å²) in [6, 6.07) is 3.19. The van der Waals surface area contributed by atoms with Crippen LogP contribution in [0.4, 0.5) is 5.69 Å². The molecule has 0 radical (unpaired) electrons. The molecule has 2 N–H and O–H groups in total. The van der Waals surface area contributed by atoms with Crippen LogP contribution >= 0.6 is 23.2 Å². The van der Waals surface area contributed by atoms with E-state index in [-0.39, 0.29) is 22.0 Å². The molecule has 1 fully saturated rings.